The van der Waals surface area contributed by atoms with E-state index in [9.17, 15) is 9.59 Å². The van der Waals surface area contributed by atoms with E-state index >= 15 is 0 Å². The van der Waals surface area contributed by atoms with Crippen molar-refractivity contribution in [3.8, 4) is 11.5 Å². The summed E-state index contributed by atoms with van der Waals surface area (Å²) in [6.45, 7) is 0.187. The van der Waals surface area contributed by atoms with Gasteiger partial charge in [-0.25, -0.2) is 4.79 Å². The molecule has 0 amide bonds. The van der Waals surface area contributed by atoms with Crippen LogP contribution in [0.15, 0.2) is 41.3 Å². The van der Waals surface area contributed by atoms with E-state index in [1.165, 1.54) is 6.20 Å². The zero-order valence-electron chi connectivity index (χ0n) is 10.8. The van der Waals surface area contributed by atoms with Gasteiger partial charge < -0.3 is 19.6 Å². The van der Waals surface area contributed by atoms with Crippen molar-refractivity contribution in [2.75, 3.05) is 7.11 Å². The van der Waals surface area contributed by atoms with Crippen molar-refractivity contribution in [2.45, 2.75) is 6.61 Å². The van der Waals surface area contributed by atoms with Crippen LogP contribution in [-0.4, -0.2) is 23.2 Å². The van der Waals surface area contributed by atoms with Gasteiger partial charge in [-0.15, -0.1) is 0 Å². The summed E-state index contributed by atoms with van der Waals surface area (Å²) in [7, 11) is 1.56. The van der Waals surface area contributed by atoms with E-state index in [-0.39, 0.29) is 18.1 Å². The van der Waals surface area contributed by atoms with Gasteiger partial charge in [0.2, 0.25) is 5.43 Å². The molecule has 0 aliphatic heterocycles. The minimum atomic E-state index is -1.19. The van der Waals surface area contributed by atoms with Crippen LogP contribution in [0.2, 0.25) is 0 Å². The number of rotatable bonds is 5. The normalized spacial score (nSPS) is 10.1. The molecule has 6 nitrogen and oxygen atoms in total. The summed E-state index contributed by atoms with van der Waals surface area (Å²) in [5.41, 5.74) is 0.179. The second kappa shape index (κ2) is 5.92. The maximum Gasteiger partial charge on any atom is 0.352 e. The van der Waals surface area contributed by atoms with Gasteiger partial charge >= 0.3 is 5.97 Å². The van der Waals surface area contributed by atoms with E-state index in [2.05, 4.69) is 4.98 Å². The highest BCUT2D eigenvalue weighted by Crippen LogP contribution is 2.14. The maximum absolute atomic E-state index is 11.7. The molecule has 0 atom stereocenters. The molecule has 20 heavy (non-hydrogen) atoms. The average Bonchev–Trinajstić information content (AvgIpc) is 2.46. The first kappa shape index (κ1) is 13.7. The Kier molecular flexibility index (Phi) is 4.05. The molecular formula is C14H13NO5. The summed E-state index contributed by atoms with van der Waals surface area (Å²) in [4.78, 5) is 24.8. The average molecular weight is 275 g/mol. The number of methoxy groups -OCH3 is 1. The number of carboxylic acid groups (broad SMARTS) is 1. The third-order valence-electron chi connectivity index (χ3n) is 2.64. The number of hydrogen-bond acceptors (Lipinski definition) is 4. The number of aromatic nitrogens is 1. The quantitative estimate of drug-likeness (QED) is 0.866. The van der Waals surface area contributed by atoms with Crippen LogP contribution in [-0.2, 0) is 6.61 Å². The standard InChI is InChI=1S/C14H13NO5/c1-19-10-4-2-3-9(5-10)8-20-13-7-15-11(14(17)18)6-12(13)16/h2-7H,8H2,1H3,(H,15,16)(H,17,18). The lowest BCUT2D eigenvalue weighted by atomic mass is 10.2. The highest BCUT2D eigenvalue weighted by atomic mass is 16.5. The van der Waals surface area contributed by atoms with Crippen LogP contribution >= 0.6 is 0 Å². The van der Waals surface area contributed by atoms with E-state index in [1.54, 1.807) is 19.2 Å². The summed E-state index contributed by atoms with van der Waals surface area (Å²) in [6, 6.07) is 8.23. The van der Waals surface area contributed by atoms with E-state index in [0.29, 0.717) is 5.75 Å². The lowest BCUT2D eigenvalue weighted by Crippen LogP contribution is -2.12. The first-order valence-corrected chi connectivity index (χ1v) is 5.82. The first-order valence-electron chi connectivity index (χ1n) is 5.82. The molecule has 6 heteroatoms. The van der Waals surface area contributed by atoms with Gasteiger partial charge in [-0.2, -0.15) is 0 Å². The Bertz CT molecular complexity index is 677. The van der Waals surface area contributed by atoms with E-state index in [1.807, 2.05) is 12.1 Å². The monoisotopic (exact) mass is 275 g/mol. The van der Waals surface area contributed by atoms with Crippen molar-refractivity contribution < 1.29 is 19.4 Å². The highest BCUT2D eigenvalue weighted by Gasteiger charge is 2.07. The van der Waals surface area contributed by atoms with Gasteiger partial charge in [-0.05, 0) is 17.7 Å². The number of hydrogen-bond donors (Lipinski definition) is 2. The van der Waals surface area contributed by atoms with Gasteiger partial charge in [0.15, 0.2) is 5.75 Å². The Balaban J connectivity index is 2.11. The zero-order chi connectivity index (χ0) is 14.5. The van der Waals surface area contributed by atoms with Crippen LogP contribution in [0.5, 0.6) is 11.5 Å². The number of ether oxygens (including phenoxy) is 2. The number of pyridine rings is 1. The summed E-state index contributed by atoms with van der Waals surface area (Å²) < 4.78 is 10.4. The fraction of sp³-hybridized carbons (Fsp3) is 0.143. The fourth-order valence-corrected chi connectivity index (χ4v) is 1.62. The van der Waals surface area contributed by atoms with Crippen molar-refractivity contribution in [1.29, 1.82) is 0 Å². The summed E-state index contributed by atoms with van der Waals surface area (Å²) in [5, 5.41) is 8.74. The van der Waals surface area contributed by atoms with Crippen molar-refractivity contribution in [2.24, 2.45) is 0 Å². The Labute approximate surface area is 114 Å². The molecule has 2 aromatic rings. The molecule has 0 radical (unpaired) electrons. The SMILES string of the molecule is COc1cccc(COc2c[nH]c(C(=O)O)cc2=O)c1. The van der Waals surface area contributed by atoms with Crippen LogP contribution in [0.4, 0.5) is 0 Å². The molecule has 0 saturated heterocycles. The smallest absolute Gasteiger partial charge is 0.352 e. The molecule has 1 aromatic carbocycles. The molecular weight excluding hydrogens is 262 g/mol. The molecule has 0 saturated carbocycles. The van der Waals surface area contributed by atoms with Gasteiger partial charge in [0, 0.05) is 12.3 Å². The number of aromatic carboxylic acids is 1. The predicted octanol–water partition coefficient (Wildman–Crippen LogP) is 1.66. The molecule has 2 N–H and O–H groups in total. The second-order valence-electron chi connectivity index (χ2n) is 4.02. The molecule has 2 rings (SSSR count). The van der Waals surface area contributed by atoms with Gasteiger partial charge in [0.05, 0.1) is 7.11 Å². The summed E-state index contributed by atoms with van der Waals surface area (Å²) in [5.74, 6) is -0.430. The molecule has 0 aliphatic carbocycles. The minimum Gasteiger partial charge on any atom is -0.497 e. The van der Waals surface area contributed by atoms with Gasteiger partial charge in [-0.3, -0.25) is 4.79 Å². The molecule has 1 heterocycles. The fourth-order valence-electron chi connectivity index (χ4n) is 1.62. The highest BCUT2D eigenvalue weighted by molar-refractivity contribution is 5.85. The minimum absolute atomic E-state index is 0.0674. The number of carbonyl (C=O) groups is 1. The lowest BCUT2D eigenvalue weighted by molar-refractivity contribution is 0.0690. The van der Waals surface area contributed by atoms with E-state index in [4.69, 9.17) is 14.6 Å². The van der Waals surface area contributed by atoms with E-state index in [0.717, 1.165) is 11.6 Å². The molecule has 104 valence electrons. The van der Waals surface area contributed by atoms with Crippen LogP contribution in [0.25, 0.3) is 0 Å². The first-order chi connectivity index (χ1) is 9.60. The van der Waals surface area contributed by atoms with Gasteiger partial charge in [-0.1, -0.05) is 12.1 Å². The Morgan fingerprint density at radius 1 is 1.35 bits per heavy atom. The van der Waals surface area contributed by atoms with Crippen LogP contribution < -0.4 is 14.9 Å². The largest absolute Gasteiger partial charge is 0.497 e. The zero-order valence-corrected chi connectivity index (χ0v) is 10.8. The molecule has 0 aliphatic rings. The Hall–Kier alpha value is -2.76. The number of H-pyrrole nitrogens is 1. The van der Waals surface area contributed by atoms with E-state index < -0.39 is 11.4 Å². The Morgan fingerprint density at radius 3 is 2.80 bits per heavy atom. The van der Waals surface area contributed by atoms with Gasteiger partial charge in [0.1, 0.15) is 18.1 Å². The third-order valence-corrected chi connectivity index (χ3v) is 2.64. The summed E-state index contributed by atoms with van der Waals surface area (Å²) >= 11 is 0. The number of carboxylic acids is 1. The van der Waals surface area contributed by atoms with Crippen molar-refractivity contribution in [1.82, 2.24) is 4.98 Å². The Morgan fingerprint density at radius 2 is 2.15 bits per heavy atom. The maximum atomic E-state index is 11.7. The van der Waals surface area contributed by atoms with Crippen LogP contribution in [0.3, 0.4) is 0 Å². The molecule has 0 spiro atoms. The molecule has 0 fully saturated rings. The number of benzene rings is 1. The van der Waals surface area contributed by atoms with Crippen molar-refractivity contribution >= 4 is 5.97 Å². The van der Waals surface area contributed by atoms with Crippen LogP contribution in [0, 0.1) is 0 Å². The molecule has 0 bridgehead atoms. The van der Waals surface area contributed by atoms with Crippen molar-refractivity contribution in [3.63, 3.8) is 0 Å². The summed E-state index contributed by atoms with van der Waals surface area (Å²) in [6.07, 6.45) is 1.24. The third kappa shape index (κ3) is 3.17. The van der Waals surface area contributed by atoms with Crippen LogP contribution in [0.1, 0.15) is 16.1 Å². The lowest BCUT2D eigenvalue weighted by Gasteiger charge is -2.07. The topological polar surface area (TPSA) is 88.6 Å². The second-order valence-corrected chi connectivity index (χ2v) is 4.02. The van der Waals surface area contributed by atoms with Crippen molar-refractivity contribution in [3.05, 3.63) is 58.0 Å². The van der Waals surface area contributed by atoms with Gasteiger partial charge in [0.25, 0.3) is 0 Å². The molecule has 0 unspecified atom stereocenters. The molecule has 1 aromatic heterocycles. The number of nitrogens with one attached hydrogen (secondary N) is 1. The number of aromatic amines is 1. The predicted molar refractivity (Wildman–Crippen MR) is 71.3 cm³/mol.